The SMILES string of the molecule is Cc1ccc(S(=O)(=O)Nc2nc(CCC(=O)NC(C)CCc3ccccc3)cs2)cc1. The number of nitrogens with zero attached hydrogens (tertiary/aromatic N) is 1. The zero-order valence-electron chi connectivity index (χ0n) is 17.7. The maximum atomic E-state index is 12.5. The van der Waals surface area contributed by atoms with E-state index in [-0.39, 0.29) is 16.8 Å². The Morgan fingerprint density at radius 1 is 1.06 bits per heavy atom. The van der Waals surface area contributed by atoms with Crippen LogP contribution in [0.15, 0.2) is 64.9 Å². The van der Waals surface area contributed by atoms with Crippen LogP contribution in [0.1, 0.15) is 36.6 Å². The van der Waals surface area contributed by atoms with Gasteiger partial charge in [-0.1, -0.05) is 48.0 Å². The molecular weight excluding hydrogens is 430 g/mol. The summed E-state index contributed by atoms with van der Waals surface area (Å²) in [6.07, 6.45) is 2.56. The molecule has 1 amide bonds. The zero-order chi connectivity index (χ0) is 22.3. The molecule has 6 nitrogen and oxygen atoms in total. The molecule has 0 aliphatic carbocycles. The number of hydrogen-bond donors (Lipinski definition) is 2. The van der Waals surface area contributed by atoms with Crippen molar-refractivity contribution >= 4 is 32.4 Å². The molecule has 0 saturated carbocycles. The molecule has 31 heavy (non-hydrogen) atoms. The normalized spacial score (nSPS) is 12.3. The van der Waals surface area contributed by atoms with Gasteiger partial charge in [-0.15, -0.1) is 11.3 Å². The number of benzene rings is 2. The van der Waals surface area contributed by atoms with Crippen molar-refractivity contribution in [3.05, 3.63) is 76.8 Å². The predicted molar refractivity (Wildman–Crippen MR) is 125 cm³/mol. The largest absolute Gasteiger partial charge is 0.354 e. The number of anilines is 1. The minimum absolute atomic E-state index is 0.0321. The third-order valence-electron chi connectivity index (χ3n) is 4.83. The highest BCUT2D eigenvalue weighted by Crippen LogP contribution is 2.21. The van der Waals surface area contributed by atoms with E-state index in [1.807, 2.05) is 32.0 Å². The van der Waals surface area contributed by atoms with Crippen LogP contribution >= 0.6 is 11.3 Å². The molecule has 0 bridgehead atoms. The fraction of sp³-hybridized carbons (Fsp3) is 0.304. The van der Waals surface area contributed by atoms with Crippen molar-refractivity contribution in [2.45, 2.75) is 50.5 Å². The number of nitrogens with one attached hydrogen (secondary N) is 2. The highest BCUT2D eigenvalue weighted by atomic mass is 32.2. The molecule has 3 aromatic rings. The lowest BCUT2D eigenvalue weighted by Crippen LogP contribution is -2.33. The number of aryl methyl sites for hydroxylation is 3. The summed E-state index contributed by atoms with van der Waals surface area (Å²) in [6, 6.07) is 16.9. The van der Waals surface area contributed by atoms with Crippen LogP contribution in [0.2, 0.25) is 0 Å². The molecule has 3 rings (SSSR count). The third-order valence-corrected chi connectivity index (χ3v) is 7.12. The summed E-state index contributed by atoms with van der Waals surface area (Å²) in [7, 11) is -3.67. The molecule has 1 aromatic heterocycles. The number of sulfonamides is 1. The van der Waals surface area contributed by atoms with Gasteiger partial charge in [0.2, 0.25) is 5.91 Å². The van der Waals surface area contributed by atoms with E-state index in [4.69, 9.17) is 0 Å². The van der Waals surface area contributed by atoms with E-state index in [0.717, 1.165) is 18.4 Å². The van der Waals surface area contributed by atoms with Crippen LogP contribution < -0.4 is 10.0 Å². The van der Waals surface area contributed by atoms with E-state index in [9.17, 15) is 13.2 Å². The highest BCUT2D eigenvalue weighted by molar-refractivity contribution is 7.93. The summed E-state index contributed by atoms with van der Waals surface area (Å²) in [5.41, 5.74) is 2.94. The molecule has 1 atom stereocenters. The number of hydrogen-bond acceptors (Lipinski definition) is 5. The second-order valence-electron chi connectivity index (χ2n) is 7.56. The molecule has 164 valence electrons. The van der Waals surface area contributed by atoms with Gasteiger partial charge in [-0.2, -0.15) is 0 Å². The monoisotopic (exact) mass is 457 g/mol. The third kappa shape index (κ3) is 7.18. The van der Waals surface area contributed by atoms with Crippen LogP contribution in [0, 0.1) is 6.92 Å². The summed E-state index contributed by atoms with van der Waals surface area (Å²) in [5.74, 6) is -0.0321. The number of carbonyl (C=O) groups excluding carboxylic acids is 1. The second-order valence-corrected chi connectivity index (χ2v) is 10.1. The van der Waals surface area contributed by atoms with Crippen LogP contribution in [0.3, 0.4) is 0 Å². The first-order chi connectivity index (χ1) is 14.8. The molecule has 2 N–H and O–H groups in total. The van der Waals surface area contributed by atoms with E-state index in [1.165, 1.54) is 16.9 Å². The van der Waals surface area contributed by atoms with Gasteiger partial charge in [0.25, 0.3) is 10.0 Å². The van der Waals surface area contributed by atoms with Crippen molar-refractivity contribution in [1.29, 1.82) is 0 Å². The zero-order valence-corrected chi connectivity index (χ0v) is 19.3. The van der Waals surface area contributed by atoms with Gasteiger partial charge in [0.05, 0.1) is 10.6 Å². The lowest BCUT2D eigenvalue weighted by atomic mass is 10.1. The Morgan fingerprint density at radius 3 is 2.48 bits per heavy atom. The van der Waals surface area contributed by atoms with Gasteiger partial charge < -0.3 is 5.32 Å². The molecule has 0 aliphatic rings. The van der Waals surface area contributed by atoms with Crippen molar-refractivity contribution in [3.8, 4) is 0 Å². The Labute approximate surface area is 187 Å². The van der Waals surface area contributed by atoms with Gasteiger partial charge in [0.15, 0.2) is 5.13 Å². The van der Waals surface area contributed by atoms with Crippen LogP contribution in [0.4, 0.5) is 5.13 Å². The smallest absolute Gasteiger partial charge is 0.263 e. The van der Waals surface area contributed by atoms with E-state index in [1.54, 1.807) is 29.6 Å². The fourth-order valence-corrected chi connectivity index (χ4v) is 5.05. The van der Waals surface area contributed by atoms with Gasteiger partial charge >= 0.3 is 0 Å². The molecule has 1 heterocycles. The Kier molecular flexibility index (Phi) is 7.81. The topological polar surface area (TPSA) is 88.2 Å². The Bertz CT molecular complexity index is 1090. The van der Waals surface area contributed by atoms with Crippen molar-refractivity contribution < 1.29 is 13.2 Å². The van der Waals surface area contributed by atoms with Crippen molar-refractivity contribution in [2.24, 2.45) is 0 Å². The summed E-state index contributed by atoms with van der Waals surface area (Å²) in [5, 5.41) is 5.09. The number of rotatable bonds is 10. The molecule has 0 spiro atoms. The molecule has 8 heteroatoms. The maximum absolute atomic E-state index is 12.5. The number of amides is 1. The number of carbonyl (C=O) groups is 1. The lowest BCUT2D eigenvalue weighted by Gasteiger charge is -2.13. The maximum Gasteiger partial charge on any atom is 0.263 e. The Hall–Kier alpha value is -2.71. The minimum atomic E-state index is -3.67. The Morgan fingerprint density at radius 2 is 1.77 bits per heavy atom. The van der Waals surface area contributed by atoms with Gasteiger partial charge in [0.1, 0.15) is 0 Å². The van der Waals surface area contributed by atoms with Crippen molar-refractivity contribution in [3.63, 3.8) is 0 Å². The molecule has 2 aromatic carbocycles. The van der Waals surface area contributed by atoms with Gasteiger partial charge in [-0.05, 0) is 50.8 Å². The second kappa shape index (κ2) is 10.5. The Balaban J connectivity index is 1.45. The first-order valence-electron chi connectivity index (χ1n) is 10.2. The number of aromatic nitrogens is 1. The molecule has 1 unspecified atom stereocenters. The minimum Gasteiger partial charge on any atom is -0.354 e. The van der Waals surface area contributed by atoms with Gasteiger partial charge in [-0.3, -0.25) is 9.52 Å². The molecular formula is C23H27N3O3S2. The highest BCUT2D eigenvalue weighted by Gasteiger charge is 2.16. The fourth-order valence-electron chi connectivity index (χ4n) is 3.05. The summed E-state index contributed by atoms with van der Waals surface area (Å²) < 4.78 is 27.4. The van der Waals surface area contributed by atoms with E-state index in [0.29, 0.717) is 23.7 Å². The average molecular weight is 458 g/mol. The van der Waals surface area contributed by atoms with E-state index < -0.39 is 10.0 Å². The lowest BCUT2D eigenvalue weighted by molar-refractivity contribution is -0.121. The predicted octanol–water partition coefficient (Wildman–Crippen LogP) is 4.32. The molecule has 0 fully saturated rings. The van der Waals surface area contributed by atoms with Crippen LogP contribution in [0.5, 0.6) is 0 Å². The van der Waals surface area contributed by atoms with Crippen LogP contribution in [-0.4, -0.2) is 25.4 Å². The van der Waals surface area contributed by atoms with Crippen molar-refractivity contribution in [2.75, 3.05) is 4.72 Å². The molecule has 0 saturated heterocycles. The molecule has 0 radical (unpaired) electrons. The molecule has 0 aliphatic heterocycles. The summed E-state index contributed by atoms with van der Waals surface area (Å²) >= 11 is 1.21. The van der Waals surface area contributed by atoms with Gasteiger partial charge in [0, 0.05) is 17.8 Å². The van der Waals surface area contributed by atoms with Crippen molar-refractivity contribution in [1.82, 2.24) is 10.3 Å². The summed E-state index contributed by atoms with van der Waals surface area (Å²) in [4.78, 5) is 16.7. The van der Waals surface area contributed by atoms with E-state index in [2.05, 4.69) is 27.2 Å². The first-order valence-corrected chi connectivity index (χ1v) is 12.6. The number of thiazole rings is 1. The summed E-state index contributed by atoms with van der Waals surface area (Å²) in [6.45, 7) is 3.90. The average Bonchev–Trinajstić information content (AvgIpc) is 3.18. The van der Waals surface area contributed by atoms with Crippen LogP contribution in [0.25, 0.3) is 0 Å². The van der Waals surface area contributed by atoms with E-state index >= 15 is 0 Å². The standard InChI is InChI=1S/C23H27N3O3S2/c1-17-8-13-21(14-9-17)31(28,29)26-23-25-20(16-30-23)12-15-22(27)24-18(2)10-11-19-6-4-3-5-7-19/h3-9,13-14,16,18H,10-12,15H2,1-2H3,(H,24,27)(H,25,26). The first kappa shape index (κ1) is 23.0. The van der Waals surface area contributed by atoms with Crippen LogP contribution in [-0.2, 0) is 27.7 Å². The quantitative estimate of drug-likeness (QED) is 0.474. The van der Waals surface area contributed by atoms with Gasteiger partial charge in [-0.25, -0.2) is 13.4 Å².